The van der Waals surface area contributed by atoms with E-state index in [1.165, 1.54) is 0 Å². The first-order valence-electron chi connectivity index (χ1n) is 4.22. The van der Waals surface area contributed by atoms with Gasteiger partial charge in [-0.05, 0) is 34.5 Å². The number of aliphatic hydroxyl groups is 1. The number of halogens is 1. The molecule has 0 bridgehead atoms. The quantitative estimate of drug-likeness (QED) is 0.808. The topological polar surface area (TPSA) is 36.4 Å². The fraction of sp³-hybridized carbons (Fsp3) is 0.444. The lowest BCUT2D eigenvalue weighted by molar-refractivity contribution is 0.141. The van der Waals surface area contributed by atoms with Crippen molar-refractivity contribution in [1.29, 1.82) is 0 Å². The molecule has 0 saturated carbocycles. The summed E-state index contributed by atoms with van der Waals surface area (Å²) in [5, 5.41) is 9.14. The molecule has 1 aromatic rings. The highest BCUT2D eigenvalue weighted by molar-refractivity contribution is 9.10. The lowest BCUT2D eigenvalue weighted by Crippen LogP contribution is -2.51. The third-order valence-electron chi connectivity index (χ3n) is 2.12. The fourth-order valence-corrected chi connectivity index (χ4v) is 2.10. The Labute approximate surface area is 85.5 Å². The van der Waals surface area contributed by atoms with Crippen molar-refractivity contribution in [2.24, 2.45) is 0 Å². The number of hydrogen-bond acceptors (Lipinski definition) is 3. The van der Waals surface area contributed by atoms with Gasteiger partial charge in [-0.25, -0.2) is 4.98 Å². The van der Waals surface area contributed by atoms with Crippen LogP contribution in [0.1, 0.15) is 5.56 Å². The molecule has 1 aromatic heterocycles. The Kier molecular flexibility index (Phi) is 2.26. The van der Waals surface area contributed by atoms with Gasteiger partial charge < -0.3 is 10.0 Å². The van der Waals surface area contributed by atoms with E-state index in [1.807, 2.05) is 24.1 Å². The SMILES string of the molecule is Cc1cnc(N2CC(O)C2)c(Br)c1. The number of hydrogen-bond donors (Lipinski definition) is 1. The van der Waals surface area contributed by atoms with Gasteiger partial charge in [0.2, 0.25) is 0 Å². The molecule has 3 nitrogen and oxygen atoms in total. The summed E-state index contributed by atoms with van der Waals surface area (Å²) < 4.78 is 0.999. The van der Waals surface area contributed by atoms with Crippen molar-refractivity contribution >= 4 is 21.7 Å². The summed E-state index contributed by atoms with van der Waals surface area (Å²) in [5.74, 6) is 0.927. The Bertz CT molecular complexity index is 323. The van der Waals surface area contributed by atoms with Crippen molar-refractivity contribution in [3.63, 3.8) is 0 Å². The van der Waals surface area contributed by atoms with Crippen LogP contribution in [-0.2, 0) is 0 Å². The van der Waals surface area contributed by atoms with Gasteiger partial charge in [0, 0.05) is 19.3 Å². The van der Waals surface area contributed by atoms with Crippen LogP contribution in [-0.4, -0.2) is 29.3 Å². The molecule has 1 saturated heterocycles. The van der Waals surface area contributed by atoms with Crippen LogP contribution in [0, 0.1) is 6.92 Å². The Balaban J connectivity index is 2.21. The van der Waals surface area contributed by atoms with Crippen LogP contribution >= 0.6 is 15.9 Å². The maximum absolute atomic E-state index is 9.14. The number of aromatic nitrogens is 1. The van der Waals surface area contributed by atoms with Crippen LogP contribution < -0.4 is 4.90 Å². The number of aliphatic hydroxyl groups excluding tert-OH is 1. The summed E-state index contributed by atoms with van der Waals surface area (Å²) in [7, 11) is 0. The van der Waals surface area contributed by atoms with Crippen LogP contribution in [0.2, 0.25) is 0 Å². The summed E-state index contributed by atoms with van der Waals surface area (Å²) >= 11 is 3.46. The van der Waals surface area contributed by atoms with Crippen LogP contribution in [0.5, 0.6) is 0 Å². The molecule has 13 heavy (non-hydrogen) atoms. The van der Waals surface area contributed by atoms with Crippen LogP contribution in [0.4, 0.5) is 5.82 Å². The summed E-state index contributed by atoms with van der Waals surface area (Å²) in [6.45, 7) is 3.38. The third kappa shape index (κ3) is 1.69. The van der Waals surface area contributed by atoms with E-state index in [9.17, 15) is 0 Å². The molecule has 0 amide bonds. The fourth-order valence-electron chi connectivity index (χ4n) is 1.39. The van der Waals surface area contributed by atoms with E-state index in [2.05, 4.69) is 20.9 Å². The molecule has 2 heterocycles. The van der Waals surface area contributed by atoms with Gasteiger partial charge in [-0.1, -0.05) is 0 Å². The maximum Gasteiger partial charge on any atom is 0.143 e. The minimum Gasteiger partial charge on any atom is -0.389 e. The highest BCUT2D eigenvalue weighted by Crippen LogP contribution is 2.27. The molecule has 1 aliphatic heterocycles. The molecule has 0 radical (unpaired) electrons. The molecule has 2 rings (SSSR count). The average Bonchev–Trinajstić information content (AvgIpc) is 2.00. The van der Waals surface area contributed by atoms with Gasteiger partial charge in [-0.15, -0.1) is 0 Å². The van der Waals surface area contributed by atoms with Crippen LogP contribution in [0.3, 0.4) is 0 Å². The Morgan fingerprint density at radius 2 is 2.31 bits per heavy atom. The monoisotopic (exact) mass is 242 g/mol. The van der Waals surface area contributed by atoms with Gasteiger partial charge in [0.05, 0.1) is 10.6 Å². The number of rotatable bonds is 1. The average molecular weight is 243 g/mol. The molecule has 70 valence electrons. The van der Waals surface area contributed by atoms with E-state index < -0.39 is 0 Å². The predicted octanol–water partition coefficient (Wildman–Crippen LogP) is 1.33. The molecule has 1 aliphatic rings. The van der Waals surface area contributed by atoms with E-state index in [0.717, 1.165) is 15.9 Å². The van der Waals surface area contributed by atoms with Gasteiger partial charge in [0.1, 0.15) is 5.82 Å². The van der Waals surface area contributed by atoms with Crippen molar-refractivity contribution in [2.45, 2.75) is 13.0 Å². The largest absolute Gasteiger partial charge is 0.389 e. The standard InChI is InChI=1S/C9H11BrN2O/c1-6-2-8(10)9(11-3-6)12-4-7(13)5-12/h2-3,7,13H,4-5H2,1H3. The first-order chi connectivity index (χ1) is 6.16. The number of pyridine rings is 1. The van der Waals surface area contributed by atoms with Gasteiger partial charge in [0.25, 0.3) is 0 Å². The minimum atomic E-state index is -0.185. The van der Waals surface area contributed by atoms with Crippen molar-refractivity contribution in [3.8, 4) is 0 Å². The minimum absolute atomic E-state index is 0.185. The molecule has 4 heteroatoms. The molecule has 1 N–H and O–H groups in total. The van der Waals surface area contributed by atoms with E-state index in [0.29, 0.717) is 13.1 Å². The summed E-state index contributed by atoms with van der Waals surface area (Å²) in [6, 6.07) is 2.03. The predicted molar refractivity (Wildman–Crippen MR) is 54.9 cm³/mol. The summed E-state index contributed by atoms with van der Waals surface area (Å²) in [4.78, 5) is 6.35. The number of β-amino-alcohol motifs (C(OH)–C–C–N with tert-alkyl or cyclic N) is 1. The Morgan fingerprint density at radius 1 is 1.62 bits per heavy atom. The molecule has 0 unspecified atom stereocenters. The van der Waals surface area contributed by atoms with Crippen LogP contribution in [0.25, 0.3) is 0 Å². The summed E-state index contributed by atoms with van der Waals surface area (Å²) in [6.07, 6.45) is 1.65. The number of anilines is 1. The second-order valence-electron chi connectivity index (χ2n) is 3.38. The molecule has 1 fully saturated rings. The molecule has 0 atom stereocenters. The summed E-state index contributed by atoms with van der Waals surface area (Å²) in [5.41, 5.74) is 1.14. The normalized spacial score (nSPS) is 17.3. The van der Waals surface area contributed by atoms with Gasteiger partial charge in [0.15, 0.2) is 0 Å². The van der Waals surface area contributed by atoms with E-state index in [1.54, 1.807) is 0 Å². The number of nitrogens with zero attached hydrogens (tertiary/aromatic N) is 2. The Hall–Kier alpha value is -0.610. The molecular formula is C9H11BrN2O. The second-order valence-corrected chi connectivity index (χ2v) is 4.23. The first-order valence-corrected chi connectivity index (χ1v) is 5.01. The van der Waals surface area contributed by atoms with Gasteiger partial charge >= 0.3 is 0 Å². The molecule has 0 spiro atoms. The van der Waals surface area contributed by atoms with E-state index in [-0.39, 0.29) is 6.10 Å². The van der Waals surface area contributed by atoms with Crippen molar-refractivity contribution in [3.05, 3.63) is 22.3 Å². The van der Waals surface area contributed by atoms with Gasteiger partial charge in [-0.2, -0.15) is 0 Å². The van der Waals surface area contributed by atoms with E-state index >= 15 is 0 Å². The maximum atomic E-state index is 9.14. The van der Waals surface area contributed by atoms with Crippen molar-refractivity contribution in [1.82, 2.24) is 4.98 Å². The van der Waals surface area contributed by atoms with Gasteiger partial charge in [-0.3, -0.25) is 0 Å². The molecular weight excluding hydrogens is 232 g/mol. The molecule has 0 aliphatic carbocycles. The number of aryl methyl sites for hydroxylation is 1. The third-order valence-corrected chi connectivity index (χ3v) is 2.70. The highest BCUT2D eigenvalue weighted by Gasteiger charge is 2.26. The highest BCUT2D eigenvalue weighted by atomic mass is 79.9. The van der Waals surface area contributed by atoms with Crippen molar-refractivity contribution < 1.29 is 5.11 Å². The zero-order valence-electron chi connectivity index (χ0n) is 7.37. The Morgan fingerprint density at radius 3 is 2.85 bits per heavy atom. The van der Waals surface area contributed by atoms with Crippen molar-refractivity contribution in [2.75, 3.05) is 18.0 Å². The zero-order valence-corrected chi connectivity index (χ0v) is 8.95. The second kappa shape index (κ2) is 3.27. The first kappa shape index (κ1) is 8.97. The van der Waals surface area contributed by atoms with E-state index in [4.69, 9.17) is 5.11 Å². The lowest BCUT2D eigenvalue weighted by Gasteiger charge is -2.37. The molecule has 0 aromatic carbocycles. The zero-order chi connectivity index (χ0) is 9.42. The smallest absolute Gasteiger partial charge is 0.143 e. The van der Waals surface area contributed by atoms with Crippen LogP contribution in [0.15, 0.2) is 16.7 Å². The lowest BCUT2D eigenvalue weighted by atomic mass is 10.1.